The molecule has 3 aliphatic heterocycles. The van der Waals surface area contributed by atoms with Gasteiger partial charge in [0.2, 0.25) is 24.2 Å². The quantitative estimate of drug-likeness (QED) is 0.0501. The van der Waals surface area contributed by atoms with Gasteiger partial charge in [0.1, 0.15) is 56.4 Å². The molecule has 0 aromatic heterocycles. The molecule has 0 radical (unpaired) electrons. The van der Waals surface area contributed by atoms with Gasteiger partial charge in [0.25, 0.3) is 9.58 Å². The van der Waals surface area contributed by atoms with Gasteiger partial charge in [0.15, 0.2) is 36.8 Å². The second kappa shape index (κ2) is 30.5. The highest BCUT2D eigenvalue weighted by atomic mass is 35.6. The Hall–Kier alpha value is -6.22. The highest BCUT2D eigenvalue weighted by molar-refractivity contribution is 6.76. The van der Waals surface area contributed by atoms with Crippen LogP contribution in [0.2, 0.25) is 0 Å². The lowest BCUT2D eigenvalue weighted by atomic mass is 9.87. The molecule has 0 aromatic rings. The average molecular weight is 1250 g/mol. The van der Waals surface area contributed by atoms with Crippen molar-refractivity contribution in [1.29, 1.82) is 5.41 Å². The number of esters is 11. The van der Waals surface area contributed by atoms with E-state index in [0.717, 1.165) is 76.3 Å². The number of halogens is 3. The predicted octanol–water partition coefficient (Wildman–Crippen LogP) is 0.971. The van der Waals surface area contributed by atoms with Gasteiger partial charge >= 0.3 is 65.7 Å². The molecule has 1 amide bonds. The smallest absolute Gasteiger partial charge is 0.366 e. The van der Waals surface area contributed by atoms with Crippen molar-refractivity contribution in [2.24, 2.45) is 5.41 Å². The molecule has 16 atom stereocenters. The Labute approximate surface area is 489 Å². The van der Waals surface area contributed by atoms with E-state index in [2.05, 4.69) is 5.32 Å². The Morgan fingerprint density at radius 1 is 0.578 bits per heavy atom. The molecule has 3 aliphatic rings. The first-order valence-corrected chi connectivity index (χ1v) is 26.1. The molecule has 0 aromatic carbocycles. The van der Waals surface area contributed by atoms with Crippen LogP contribution in [0.1, 0.15) is 96.4 Å². The number of hydrogen-bond acceptors (Lipinski definition) is 30. The summed E-state index contributed by atoms with van der Waals surface area (Å²) in [7, 11) is 0.807. The summed E-state index contributed by atoms with van der Waals surface area (Å²) in [4.78, 5) is 157. The lowest BCUT2D eigenvalue weighted by Crippen LogP contribution is -2.72. The number of rotatable bonds is 22. The van der Waals surface area contributed by atoms with E-state index in [4.69, 9.17) is 121 Å². The summed E-state index contributed by atoms with van der Waals surface area (Å²) >= 11 is 17.9. The molecule has 31 nitrogen and oxygen atoms in total. The van der Waals surface area contributed by atoms with Crippen LogP contribution in [-0.4, -0.2) is 206 Å². The van der Waals surface area contributed by atoms with Crippen LogP contribution >= 0.6 is 34.8 Å². The maximum absolute atomic E-state index is 14.8. The minimum absolute atomic E-state index is 0.807. The largest absolute Gasteiger partial charge is 0.465 e. The summed E-state index contributed by atoms with van der Waals surface area (Å²) in [6, 6.07) is -1.75. The van der Waals surface area contributed by atoms with Gasteiger partial charge in [-0.05, 0) is 20.8 Å². The molecule has 3 heterocycles. The van der Waals surface area contributed by atoms with Crippen molar-refractivity contribution in [3.05, 3.63) is 0 Å². The summed E-state index contributed by atoms with van der Waals surface area (Å²) in [5.41, 5.74) is -1.36. The van der Waals surface area contributed by atoms with Gasteiger partial charge in [-0.15, -0.1) is 0 Å². The second-order valence-electron chi connectivity index (χ2n) is 19.6. The van der Waals surface area contributed by atoms with Crippen LogP contribution in [0.15, 0.2) is 0 Å². The third kappa shape index (κ3) is 21.1. The number of hydrogen-bond donors (Lipinski definition) is 2. The summed E-state index contributed by atoms with van der Waals surface area (Å²) in [6.07, 6.45) is -30.1. The van der Waals surface area contributed by atoms with Gasteiger partial charge in [0, 0.05) is 69.2 Å². The van der Waals surface area contributed by atoms with Crippen LogP contribution in [-0.2, 0) is 138 Å². The number of carbonyl (C=O) groups excluding carboxylic acids is 12. The van der Waals surface area contributed by atoms with Crippen molar-refractivity contribution < 1.29 is 138 Å². The molecule has 468 valence electrons. The van der Waals surface area contributed by atoms with Crippen molar-refractivity contribution in [2.75, 3.05) is 26.9 Å². The van der Waals surface area contributed by atoms with Crippen LogP contribution in [0, 0.1) is 10.8 Å². The lowest BCUT2D eigenvalue weighted by molar-refractivity contribution is -0.385. The van der Waals surface area contributed by atoms with E-state index >= 15 is 0 Å². The summed E-state index contributed by atoms with van der Waals surface area (Å²) in [5.74, 6) is -17.5. The number of carbonyl (C=O) groups is 12. The van der Waals surface area contributed by atoms with Crippen LogP contribution < -0.4 is 5.32 Å². The molecule has 0 aliphatic carbocycles. The summed E-state index contributed by atoms with van der Waals surface area (Å²) < 4.78 is 95.9. The fourth-order valence-electron chi connectivity index (χ4n) is 8.41. The minimum Gasteiger partial charge on any atom is -0.465 e. The zero-order chi connectivity index (χ0) is 63.2. The fraction of sp³-hybridized carbons (Fsp3) is 0.735. The van der Waals surface area contributed by atoms with Gasteiger partial charge in [-0.2, -0.15) is 0 Å². The van der Waals surface area contributed by atoms with Gasteiger partial charge in [-0.25, -0.2) is 4.79 Å². The molecule has 0 unspecified atom stereocenters. The van der Waals surface area contributed by atoms with Gasteiger partial charge in [0.05, 0.1) is 25.0 Å². The normalized spacial score (nSPS) is 28.6. The maximum Gasteiger partial charge on any atom is 0.366 e. The van der Waals surface area contributed by atoms with Crippen LogP contribution in [0.25, 0.3) is 0 Å². The van der Waals surface area contributed by atoms with E-state index in [1.807, 2.05) is 0 Å². The van der Waals surface area contributed by atoms with Gasteiger partial charge < -0.3 is 85.8 Å². The van der Waals surface area contributed by atoms with Crippen LogP contribution in [0.5, 0.6) is 0 Å². The van der Waals surface area contributed by atoms with Crippen molar-refractivity contribution in [1.82, 2.24) is 5.32 Å². The first-order chi connectivity index (χ1) is 38.3. The molecular weight excluding hydrogens is 1190 g/mol. The van der Waals surface area contributed by atoms with Crippen LogP contribution in [0.3, 0.4) is 0 Å². The van der Waals surface area contributed by atoms with Crippen molar-refractivity contribution >= 4 is 112 Å². The van der Waals surface area contributed by atoms with E-state index in [1.165, 1.54) is 20.8 Å². The van der Waals surface area contributed by atoms with E-state index < -0.39 is 211 Å². The topological polar surface area (TPSA) is 398 Å². The molecule has 0 bridgehead atoms. The van der Waals surface area contributed by atoms with E-state index in [0.29, 0.717) is 0 Å². The summed E-state index contributed by atoms with van der Waals surface area (Å²) in [5, 5.41) is 10.9. The number of methoxy groups -OCH3 is 1. The fourth-order valence-corrected chi connectivity index (χ4v) is 8.54. The molecule has 34 heteroatoms. The zero-order valence-corrected chi connectivity index (χ0v) is 49.7. The molecule has 2 N–H and O–H groups in total. The van der Waals surface area contributed by atoms with E-state index in [9.17, 15) is 57.5 Å². The average Bonchev–Trinajstić information content (AvgIpc) is 3.37. The van der Waals surface area contributed by atoms with E-state index in [-0.39, 0.29) is 0 Å². The monoisotopic (exact) mass is 1250 g/mol. The Balaban J connectivity index is 2.58. The van der Waals surface area contributed by atoms with Crippen LogP contribution in [0.4, 0.5) is 0 Å². The van der Waals surface area contributed by atoms with Gasteiger partial charge in [-0.1, -0.05) is 34.8 Å². The molecular formula is C49H67Cl3N2O29. The molecule has 3 rings (SSSR count). The second-order valence-corrected chi connectivity index (χ2v) is 21.9. The van der Waals surface area contributed by atoms with Crippen molar-refractivity contribution in [3.63, 3.8) is 0 Å². The SMILES string of the molecule is COC(=O)[C@@]1(O[C@H]2[C@@H](OC(C)=O)[C@@H](COC(C)=O)O[C@@H](O[C@H]3[C@H](OC(C)=O)[C@@H](OC(=O)C(C)(C)C)[C@H](OC(=N)C(Cl)(Cl)Cl)O[C@@H]3COC(C)=O)[C@@H]2OC(C)=O)C[C@H](OC(C)=O)[C@@H](NC(C)=O)[C@H]([C@H](OC(C)=O)[C@@H](COC(C)=O)OC(C)=O)O1. The standard InChI is InChI=1S/C49H67Cl3N2O29/c1-19(55)54-33-29(71-23(5)59)15-48(46(66)67-14,82-37(33)34(73-25(7)61)30(72-24(6)60)16-68-20(2)56)83-39-36(74-26(8)62)32(18-70-22(4)58)77-42(41(39)76-28(10)64)79-35-31(17-69-21(3)57)78-43(81-44(53)49(50,51)52)40(38(35)75-27(9)63)80-45(65)47(11,12)13/h29-43,53H,15-18H2,1-14H3,(H,54,55)/t29-,30+,31+,32+,33+,34+,35+,36-,37+,38-,39-,40+,41+,42-,43-,48-/m0/s1. The molecule has 0 saturated carbocycles. The summed E-state index contributed by atoms with van der Waals surface area (Å²) in [6.45, 7) is 10.8. The van der Waals surface area contributed by atoms with Crippen molar-refractivity contribution in [2.45, 2.75) is 198 Å². The van der Waals surface area contributed by atoms with Crippen molar-refractivity contribution in [3.8, 4) is 0 Å². The Morgan fingerprint density at radius 3 is 1.52 bits per heavy atom. The molecule has 83 heavy (non-hydrogen) atoms. The molecule has 3 saturated heterocycles. The predicted molar refractivity (Wildman–Crippen MR) is 271 cm³/mol. The first-order valence-electron chi connectivity index (χ1n) is 24.9. The maximum atomic E-state index is 14.8. The lowest BCUT2D eigenvalue weighted by Gasteiger charge is -2.52. The van der Waals surface area contributed by atoms with E-state index in [1.54, 1.807) is 0 Å². The third-order valence-electron chi connectivity index (χ3n) is 11.4. The number of nitrogens with one attached hydrogen (secondary N) is 2. The molecule has 0 spiro atoms. The minimum atomic E-state index is -3.21. The third-order valence-corrected chi connectivity index (χ3v) is 12.0. The Kier molecular flexibility index (Phi) is 26.1. The van der Waals surface area contributed by atoms with Gasteiger partial charge in [-0.3, -0.25) is 58.1 Å². The molecule has 3 fully saturated rings. The highest BCUT2D eigenvalue weighted by Crippen LogP contribution is 2.43. The first kappa shape index (κ1) is 71.0. The highest BCUT2D eigenvalue weighted by Gasteiger charge is 2.64. The number of alkyl halides is 3. The number of ether oxygens (including phenoxy) is 17. The Morgan fingerprint density at radius 2 is 1.06 bits per heavy atom. The zero-order valence-electron chi connectivity index (χ0n) is 47.5. The Bertz CT molecular complexity index is 2430. The number of amides is 1.